The largest absolute Gasteiger partial charge is 0.323 e. The van der Waals surface area contributed by atoms with Gasteiger partial charge in [-0.25, -0.2) is 4.39 Å². The highest BCUT2D eigenvalue weighted by molar-refractivity contribution is 7.99. The third kappa shape index (κ3) is 3.77. The molecular formula is C15H12ClFN4OS2. The van der Waals surface area contributed by atoms with Gasteiger partial charge in [0.1, 0.15) is 5.82 Å². The third-order valence-corrected chi connectivity index (χ3v) is 5.24. The van der Waals surface area contributed by atoms with Gasteiger partial charge < -0.3 is 9.88 Å². The number of anilines is 1. The summed E-state index contributed by atoms with van der Waals surface area (Å²) in [6.07, 6.45) is 0. The maximum atomic E-state index is 13.7. The van der Waals surface area contributed by atoms with Crippen molar-refractivity contribution in [2.45, 2.75) is 5.16 Å². The summed E-state index contributed by atoms with van der Waals surface area (Å²) in [6.45, 7) is 0. The van der Waals surface area contributed by atoms with Crippen molar-refractivity contribution >= 4 is 46.3 Å². The molecule has 0 saturated carbocycles. The summed E-state index contributed by atoms with van der Waals surface area (Å²) in [6, 6.07) is 8.00. The molecule has 0 bridgehead atoms. The number of thiophene rings is 1. The van der Waals surface area contributed by atoms with Crippen LogP contribution in [0, 0.1) is 5.82 Å². The number of halogens is 2. The number of carbonyl (C=O) groups excluding carboxylic acids is 1. The zero-order valence-corrected chi connectivity index (χ0v) is 14.9. The summed E-state index contributed by atoms with van der Waals surface area (Å²) in [5.74, 6) is -0.0589. The molecule has 3 aromatic rings. The average Bonchev–Trinajstić information content (AvgIpc) is 3.18. The van der Waals surface area contributed by atoms with Gasteiger partial charge >= 0.3 is 0 Å². The van der Waals surface area contributed by atoms with Crippen molar-refractivity contribution in [2.75, 3.05) is 11.1 Å². The first kappa shape index (κ1) is 16.9. The minimum absolute atomic E-state index is 0.0957. The van der Waals surface area contributed by atoms with Crippen LogP contribution in [0.1, 0.15) is 0 Å². The van der Waals surface area contributed by atoms with Gasteiger partial charge in [-0.1, -0.05) is 29.4 Å². The van der Waals surface area contributed by atoms with E-state index >= 15 is 0 Å². The number of benzene rings is 1. The van der Waals surface area contributed by atoms with Gasteiger partial charge in [-0.15, -0.1) is 21.5 Å². The molecule has 5 nitrogen and oxygen atoms in total. The molecular weight excluding hydrogens is 371 g/mol. The van der Waals surface area contributed by atoms with Crippen LogP contribution in [0.2, 0.25) is 5.02 Å². The summed E-state index contributed by atoms with van der Waals surface area (Å²) in [5, 5.41) is 13.6. The molecule has 9 heteroatoms. The zero-order valence-electron chi connectivity index (χ0n) is 12.5. The van der Waals surface area contributed by atoms with Crippen molar-refractivity contribution < 1.29 is 9.18 Å². The van der Waals surface area contributed by atoms with Gasteiger partial charge in [-0.05, 0) is 29.6 Å². The minimum atomic E-state index is -0.570. The van der Waals surface area contributed by atoms with Crippen molar-refractivity contribution in [1.82, 2.24) is 14.8 Å². The summed E-state index contributed by atoms with van der Waals surface area (Å²) >= 11 is 8.49. The molecule has 3 rings (SSSR count). The Morgan fingerprint density at radius 3 is 2.96 bits per heavy atom. The van der Waals surface area contributed by atoms with Gasteiger partial charge in [0.05, 0.1) is 16.3 Å². The first-order valence-corrected chi connectivity index (χ1v) is 9.10. The van der Waals surface area contributed by atoms with E-state index in [2.05, 4.69) is 15.5 Å². The molecule has 0 aliphatic rings. The van der Waals surface area contributed by atoms with E-state index in [9.17, 15) is 9.18 Å². The average molecular weight is 383 g/mol. The van der Waals surface area contributed by atoms with Gasteiger partial charge in [0.2, 0.25) is 5.91 Å². The van der Waals surface area contributed by atoms with E-state index in [-0.39, 0.29) is 22.4 Å². The number of thioether (sulfide) groups is 1. The van der Waals surface area contributed by atoms with Crippen molar-refractivity contribution in [1.29, 1.82) is 0 Å². The Morgan fingerprint density at radius 2 is 2.25 bits per heavy atom. The lowest BCUT2D eigenvalue weighted by Gasteiger charge is -2.06. The van der Waals surface area contributed by atoms with Gasteiger partial charge in [0, 0.05) is 12.1 Å². The topological polar surface area (TPSA) is 59.8 Å². The summed E-state index contributed by atoms with van der Waals surface area (Å²) in [5.41, 5.74) is 0.0993. The van der Waals surface area contributed by atoms with E-state index in [0.29, 0.717) is 5.16 Å². The Hall–Kier alpha value is -1.90. The predicted octanol–water partition coefficient (Wildman–Crippen LogP) is 4.07. The number of nitrogens with one attached hydrogen (secondary N) is 1. The highest BCUT2D eigenvalue weighted by Crippen LogP contribution is 2.26. The molecule has 0 saturated heterocycles. The van der Waals surface area contributed by atoms with Crippen molar-refractivity contribution in [3.05, 3.63) is 46.6 Å². The number of carbonyl (C=O) groups is 1. The second-order valence-corrected chi connectivity index (χ2v) is 7.13. The molecule has 0 radical (unpaired) electrons. The van der Waals surface area contributed by atoms with Crippen molar-refractivity contribution in [3.63, 3.8) is 0 Å². The van der Waals surface area contributed by atoms with E-state index < -0.39 is 5.82 Å². The summed E-state index contributed by atoms with van der Waals surface area (Å²) < 4.78 is 15.5. The van der Waals surface area contributed by atoms with Crippen molar-refractivity contribution in [2.24, 2.45) is 7.05 Å². The molecule has 0 spiro atoms. The smallest absolute Gasteiger partial charge is 0.234 e. The molecule has 0 aliphatic heterocycles. The van der Waals surface area contributed by atoms with Crippen LogP contribution < -0.4 is 5.32 Å². The zero-order chi connectivity index (χ0) is 17.1. The highest BCUT2D eigenvalue weighted by atomic mass is 35.5. The molecule has 1 amide bonds. The van der Waals surface area contributed by atoms with Crippen molar-refractivity contribution in [3.8, 4) is 10.7 Å². The first-order valence-electron chi connectivity index (χ1n) is 6.85. The van der Waals surface area contributed by atoms with Gasteiger partial charge in [0.15, 0.2) is 11.0 Å². The lowest BCUT2D eigenvalue weighted by Crippen LogP contribution is -2.15. The summed E-state index contributed by atoms with van der Waals surface area (Å²) in [7, 11) is 1.84. The van der Waals surface area contributed by atoms with E-state index in [4.69, 9.17) is 11.6 Å². The summed E-state index contributed by atoms with van der Waals surface area (Å²) in [4.78, 5) is 13.0. The standard InChI is InChI=1S/C15H12ClFN4OS2/c1-21-14(12-3-2-6-23-12)19-20-15(21)24-8-13(22)18-11-5-4-9(16)7-10(11)17/h2-7H,8H2,1H3,(H,18,22). The SMILES string of the molecule is Cn1c(SCC(=O)Nc2ccc(Cl)cc2F)nnc1-c1cccs1. The van der Waals surface area contributed by atoms with Gasteiger partial charge in [-0.3, -0.25) is 4.79 Å². The van der Waals surface area contributed by atoms with Crippen LogP contribution in [0.3, 0.4) is 0 Å². The number of hydrogen-bond acceptors (Lipinski definition) is 5. The fraction of sp³-hybridized carbons (Fsp3) is 0.133. The van der Waals surface area contributed by atoms with Crippen LogP contribution >= 0.6 is 34.7 Å². The van der Waals surface area contributed by atoms with Crippen LogP contribution in [0.5, 0.6) is 0 Å². The second kappa shape index (κ2) is 7.33. The normalized spacial score (nSPS) is 10.8. The molecule has 0 aliphatic carbocycles. The minimum Gasteiger partial charge on any atom is -0.323 e. The molecule has 2 heterocycles. The molecule has 1 aromatic carbocycles. The number of rotatable bonds is 5. The second-order valence-electron chi connectivity index (χ2n) is 4.80. The first-order chi connectivity index (χ1) is 11.5. The van der Waals surface area contributed by atoms with E-state index in [1.54, 1.807) is 11.3 Å². The maximum absolute atomic E-state index is 13.7. The fourth-order valence-electron chi connectivity index (χ4n) is 1.97. The van der Waals surface area contributed by atoms with Crippen LogP contribution in [-0.2, 0) is 11.8 Å². The van der Waals surface area contributed by atoms with Crippen LogP contribution in [0.4, 0.5) is 10.1 Å². The molecule has 124 valence electrons. The number of amides is 1. The van der Waals surface area contributed by atoms with E-state index in [1.807, 2.05) is 29.1 Å². The van der Waals surface area contributed by atoms with E-state index in [1.165, 1.54) is 23.9 Å². The Labute approximate surface area is 150 Å². The molecule has 0 fully saturated rings. The Balaban J connectivity index is 1.62. The molecule has 1 N–H and O–H groups in total. The lowest BCUT2D eigenvalue weighted by atomic mass is 10.3. The molecule has 2 aromatic heterocycles. The Morgan fingerprint density at radius 1 is 1.42 bits per heavy atom. The van der Waals surface area contributed by atoms with Gasteiger partial charge in [-0.2, -0.15) is 0 Å². The highest BCUT2D eigenvalue weighted by Gasteiger charge is 2.14. The lowest BCUT2D eigenvalue weighted by molar-refractivity contribution is -0.113. The third-order valence-electron chi connectivity index (χ3n) is 3.11. The van der Waals surface area contributed by atoms with E-state index in [0.717, 1.165) is 16.8 Å². The number of nitrogens with zero attached hydrogens (tertiary/aromatic N) is 3. The van der Waals surface area contributed by atoms with Crippen LogP contribution in [-0.4, -0.2) is 26.4 Å². The predicted molar refractivity (Wildman–Crippen MR) is 95.1 cm³/mol. The number of hydrogen-bond donors (Lipinski definition) is 1. The van der Waals surface area contributed by atoms with Crippen LogP contribution in [0.15, 0.2) is 40.9 Å². The quantitative estimate of drug-likeness (QED) is 0.676. The van der Waals surface area contributed by atoms with Crippen LogP contribution in [0.25, 0.3) is 10.7 Å². The maximum Gasteiger partial charge on any atom is 0.234 e. The van der Waals surface area contributed by atoms with Gasteiger partial charge in [0.25, 0.3) is 0 Å². The molecule has 0 unspecified atom stereocenters. The molecule has 24 heavy (non-hydrogen) atoms. The monoisotopic (exact) mass is 382 g/mol. The molecule has 0 atom stereocenters. The number of aromatic nitrogens is 3. The fourth-order valence-corrected chi connectivity index (χ4v) is 3.58. The Kier molecular flexibility index (Phi) is 5.17. The Bertz CT molecular complexity index is 866.